The molecule has 3 heteroatoms. The standard InChI is InChI=1S/C11H18N2O/c1-5-13(4)10-7-6-9(8-12-10)11(2,3)14/h6-8,14H,5H2,1-4H3. The van der Waals surface area contributed by atoms with Crippen molar-refractivity contribution in [3.63, 3.8) is 0 Å². The highest BCUT2D eigenvalue weighted by Crippen LogP contribution is 2.20. The molecular formula is C11H18N2O. The fourth-order valence-corrected chi connectivity index (χ4v) is 1.14. The Morgan fingerprint density at radius 1 is 1.43 bits per heavy atom. The summed E-state index contributed by atoms with van der Waals surface area (Å²) in [4.78, 5) is 6.33. The van der Waals surface area contributed by atoms with Crippen LogP contribution in [-0.4, -0.2) is 23.7 Å². The van der Waals surface area contributed by atoms with Crippen LogP contribution in [0.1, 0.15) is 26.3 Å². The zero-order valence-corrected chi connectivity index (χ0v) is 9.28. The quantitative estimate of drug-likeness (QED) is 0.796. The Bertz CT molecular complexity index is 287. The van der Waals surface area contributed by atoms with Crippen molar-refractivity contribution in [1.29, 1.82) is 0 Å². The lowest BCUT2D eigenvalue weighted by atomic mass is 10.0. The summed E-state index contributed by atoms with van der Waals surface area (Å²) in [5.74, 6) is 0.931. The summed E-state index contributed by atoms with van der Waals surface area (Å²) >= 11 is 0. The van der Waals surface area contributed by atoms with Crippen LogP contribution in [0.5, 0.6) is 0 Å². The molecule has 78 valence electrons. The molecule has 0 aromatic carbocycles. The van der Waals surface area contributed by atoms with Crippen molar-refractivity contribution >= 4 is 5.82 Å². The van der Waals surface area contributed by atoms with Gasteiger partial charge in [-0.1, -0.05) is 6.07 Å². The van der Waals surface area contributed by atoms with E-state index in [4.69, 9.17) is 0 Å². The van der Waals surface area contributed by atoms with E-state index in [-0.39, 0.29) is 0 Å². The van der Waals surface area contributed by atoms with Crippen LogP contribution >= 0.6 is 0 Å². The lowest BCUT2D eigenvalue weighted by Crippen LogP contribution is -2.19. The third kappa shape index (κ3) is 2.45. The second kappa shape index (κ2) is 3.96. The van der Waals surface area contributed by atoms with E-state index in [0.29, 0.717) is 0 Å². The number of rotatable bonds is 3. The first-order valence-corrected chi connectivity index (χ1v) is 4.85. The van der Waals surface area contributed by atoms with Crippen LogP contribution in [0.4, 0.5) is 5.82 Å². The highest BCUT2D eigenvalue weighted by atomic mass is 16.3. The second-order valence-corrected chi connectivity index (χ2v) is 3.98. The maximum Gasteiger partial charge on any atom is 0.128 e. The molecule has 0 aliphatic heterocycles. The van der Waals surface area contributed by atoms with Gasteiger partial charge in [-0.2, -0.15) is 0 Å². The molecule has 0 spiro atoms. The van der Waals surface area contributed by atoms with E-state index in [9.17, 15) is 5.11 Å². The Morgan fingerprint density at radius 3 is 2.43 bits per heavy atom. The van der Waals surface area contributed by atoms with Gasteiger partial charge in [0, 0.05) is 25.4 Å². The largest absolute Gasteiger partial charge is 0.386 e. The Balaban J connectivity index is 2.89. The predicted molar refractivity (Wildman–Crippen MR) is 58.4 cm³/mol. The fraction of sp³-hybridized carbons (Fsp3) is 0.545. The van der Waals surface area contributed by atoms with Crippen LogP contribution in [0.3, 0.4) is 0 Å². The van der Waals surface area contributed by atoms with Gasteiger partial charge in [0.05, 0.1) is 5.60 Å². The van der Waals surface area contributed by atoms with Gasteiger partial charge in [-0.25, -0.2) is 4.98 Å². The molecule has 14 heavy (non-hydrogen) atoms. The van der Waals surface area contributed by atoms with Crippen molar-refractivity contribution in [2.24, 2.45) is 0 Å². The number of pyridine rings is 1. The van der Waals surface area contributed by atoms with Gasteiger partial charge < -0.3 is 10.0 Å². The molecule has 0 amide bonds. The number of nitrogens with zero attached hydrogens (tertiary/aromatic N) is 2. The first kappa shape index (κ1) is 11.0. The third-order valence-corrected chi connectivity index (χ3v) is 2.32. The summed E-state index contributed by atoms with van der Waals surface area (Å²) < 4.78 is 0. The molecular weight excluding hydrogens is 176 g/mol. The maximum absolute atomic E-state index is 9.72. The van der Waals surface area contributed by atoms with E-state index in [1.165, 1.54) is 0 Å². The summed E-state index contributed by atoms with van der Waals surface area (Å²) in [6, 6.07) is 3.84. The smallest absolute Gasteiger partial charge is 0.128 e. The van der Waals surface area contributed by atoms with Gasteiger partial charge in [-0.05, 0) is 26.8 Å². The molecule has 0 saturated carbocycles. The monoisotopic (exact) mass is 194 g/mol. The second-order valence-electron chi connectivity index (χ2n) is 3.98. The highest BCUT2D eigenvalue weighted by Gasteiger charge is 2.16. The third-order valence-electron chi connectivity index (χ3n) is 2.32. The van der Waals surface area contributed by atoms with Crippen LogP contribution in [0.2, 0.25) is 0 Å². The van der Waals surface area contributed by atoms with Gasteiger partial charge >= 0.3 is 0 Å². The minimum Gasteiger partial charge on any atom is -0.386 e. The van der Waals surface area contributed by atoms with E-state index in [1.54, 1.807) is 20.0 Å². The molecule has 1 aromatic heterocycles. The van der Waals surface area contributed by atoms with Crippen molar-refractivity contribution in [3.05, 3.63) is 23.9 Å². The van der Waals surface area contributed by atoms with E-state index in [2.05, 4.69) is 11.9 Å². The van der Waals surface area contributed by atoms with Crippen LogP contribution in [-0.2, 0) is 5.60 Å². The van der Waals surface area contributed by atoms with Crippen LogP contribution in [0.25, 0.3) is 0 Å². The number of hydrogen-bond acceptors (Lipinski definition) is 3. The zero-order valence-electron chi connectivity index (χ0n) is 9.28. The molecule has 0 unspecified atom stereocenters. The lowest BCUT2D eigenvalue weighted by molar-refractivity contribution is 0.0782. The first-order valence-electron chi connectivity index (χ1n) is 4.85. The lowest BCUT2D eigenvalue weighted by Gasteiger charge is -2.20. The average molecular weight is 194 g/mol. The molecule has 3 nitrogen and oxygen atoms in total. The minimum absolute atomic E-state index is 0.809. The summed E-state index contributed by atoms with van der Waals surface area (Å²) in [5, 5.41) is 9.72. The van der Waals surface area contributed by atoms with E-state index >= 15 is 0 Å². The van der Waals surface area contributed by atoms with Gasteiger partial charge in [-0.3, -0.25) is 0 Å². The maximum atomic E-state index is 9.72. The molecule has 1 N–H and O–H groups in total. The van der Waals surface area contributed by atoms with Crippen LogP contribution in [0.15, 0.2) is 18.3 Å². The normalized spacial score (nSPS) is 11.5. The van der Waals surface area contributed by atoms with Crippen molar-refractivity contribution < 1.29 is 5.11 Å². The molecule has 1 rings (SSSR count). The van der Waals surface area contributed by atoms with E-state index in [1.807, 2.05) is 24.1 Å². The molecule has 0 atom stereocenters. The van der Waals surface area contributed by atoms with Crippen molar-refractivity contribution in [2.75, 3.05) is 18.5 Å². The number of aromatic nitrogens is 1. The number of anilines is 1. The molecule has 0 saturated heterocycles. The Labute approximate surface area is 85.4 Å². The number of hydrogen-bond donors (Lipinski definition) is 1. The summed E-state index contributed by atoms with van der Waals surface area (Å²) in [5.41, 5.74) is 0.0294. The molecule has 0 bridgehead atoms. The summed E-state index contributed by atoms with van der Waals surface area (Å²) in [7, 11) is 1.99. The van der Waals surface area contributed by atoms with Crippen molar-refractivity contribution in [1.82, 2.24) is 4.98 Å². The average Bonchev–Trinajstić information content (AvgIpc) is 2.15. The Morgan fingerprint density at radius 2 is 2.07 bits per heavy atom. The fourth-order valence-electron chi connectivity index (χ4n) is 1.14. The van der Waals surface area contributed by atoms with Crippen LogP contribution in [0, 0.1) is 0 Å². The number of aliphatic hydroxyl groups is 1. The summed E-state index contributed by atoms with van der Waals surface area (Å²) in [6.07, 6.45) is 1.72. The molecule has 0 fully saturated rings. The van der Waals surface area contributed by atoms with Crippen LogP contribution < -0.4 is 4.90 Å². The topological polar surface area (TPSA) is 36.4 Å². The van der Waals surface area contributed by atoms with Gasteiger partial charge in [0.1, 0.15) is 5.82 Å². The highest BCUT2D eigenvalue weighted by molar-refractivity contribution is 5.38. The minimum atomic E-state index is -0.809. The Kier molecular flexibility index (Phi) is 3.11. The molecule has 1 aromatic rings. The first-order chi connectivity index (χ1) is 6.45. The molecule has 0 aliphatic carbocycles. The van der Waals surface area contributed by atoms with Gasteiger partial charge in [0.25, 0.3) is 0 Å². The summed E-state index contributed by atoms with van der Waals surface area (Å²) in [6.45, 7) is 6.51. The molecule has 0 aliphatic rings. The van der Waals surface area contributed by atoms with Gasteiger partial charge in [0.15, 0.2) is 0 Å². The molecule has 0 radical (unpaired) electrons. The molecule has 1 heterocycles. The SMILES string of the molecule is CCN(C)c1ccc(C(C)(C)O)cn1. The van der Waals surface area contributed by atoms with Gasteiger partial charge in [-0.15, -0.1) is 0 Å². The van der Waals surface area contributed by atoms with E-state index < -0.39 is 5.60 Å². The van der Waals surface area contributed by atoms with Gasteiger partial charge in [0.2, 0.25) is 0 Å². The van der Waals surface area contributed by atoms with Crippen molar-refractivity contribution in [3.8, 4) is 0 Å². The van der Waals surface area contributed by atoms with Crippen molar-refractivity contribution in [2.45, 2.75) is 26.4 Å². The predicted octanol–water partition coefficient (Wildman–Crippen LogP) is 1.77. The zero-order chi connectivity index (χ0) is 10.8. The van der Waals surface area contributed by atoms with E-state index in [0.717, 1.165) is 17.9 Å². The Hall–Kier alpha value is -1.09.